The maximum atomic E-state index is 10.3. The van der Waals surface area contributed by atoms with Gasteiger partial charge in [-0.25, -0.2) is 5.01 Å². The molecule has 4 heteroatoms. The molecule has 1 heterocycles. The predicted octanol–water partition coefficient (Wildman–Crippen LogP) is 2.50. The third-order valence-electron chi connectivity index (χ3n) is 4.16. The number of hydrogen-bond donors (Lipinski definition) is 2. The monoisotopic (exact) mass is 278 g/mol. The zero-order chi connectivity index (χ0) is 14.5. The maximum Gasteiger partial charge on any atom is 0.118 e. The van der Waals surface area contributed by atoms with E-state index < -0.39 is 6.10 Å². The van der Waals surface area contributed by atoms with Crippen LogP contribution in [0.5, 0.6) is 5.75 Å². The van der Waals surface area contributed by atoms with Gasteiger partial charge in [0.15, 0.2) is 0 Å². The fourth-order valence-corrected chi connectivity index (χ4v) is 2.87. The highest BCUT2D eigenvalue weighted by Crippen LogP contribution is 2.21. The van der Waals surface area contributed by atoms with E-state index in [0.717, 1.165) is 11.3 Å². The van der Waals surface area contributed by atoms with Gasteiger partial charge in [0.2, 0.25) is 0 Å². The molecular weight excluding hydrogens is 252 g/mol. The lowest BCUT2D eigenvalue weighted by atomic mass is 10.00. The molecule has 1 saturated heterocycles. The number of nitrogens with zero attached hydrogens (tertiary/aromatic N) is 1. The number of rotatable bonds is 5. The second kappa shape index (κ2) is 7.07. The Labute approximate surface area is 121 Å². The van der Waals surface area contributed by atoms with Gasteiger partial charge in [-0.15, -0.1) is 0 Å². The molecule has 1 fully saturated rings. The average molecular weight is 278 g/mol. The van der Waals surface area contributed by atoms with Crippen LogP contribution in [0.2, 0.25) is 0 Å². The molecule has 0 bridgehead atoms. The Morgan fingerprint density at radius 3 is 2.40 bits per heavy atom. The van der Waals surface area contributed by atoms with E-state index in [2.05, 4.69) is 24.3 Å². The molecule has 2 rings (SSSR count). The van der Waals surface area contributed by atoms with E-state index in [1.807, 2.05) is 24.3 Å². The first-order valence-corrected chi connectivity index (χ1v) is 7.45. The maximum absolute atomic E-state index is 10.3. The smallest absolute Gasteiger partial charge is 0.118 e. The first-order chi connectivity index (χ1) is 9.61. The Balaban J connectivity index is 1.88. The summed E-state index contributed by atoms with van der Waals surface area (Å²) >= 11 is 0. The fraction of sp³-hybridized carbons (Fsp3) is 0.625. The molecule has 3 atom stereocenters. The van der Waals surface area contributed by atoms with Gasteiger partial charge in [0.05, 0.1) is 13.2 Å². The van der Waals surface area contributed by atoms with Crippen molar-refractivity contribution in [3.8, 4) is 5.75 Å². The molecule has 112 valence electrons. The average Bonchev–Trinajstić information content (AvgIpc) is 2.46. The molecule has 1 aliphatic rings. The summed E-state index contributed by atoms with van der Waals surface area (Å²) in [6.45, 7) is 5.02. The number of hydrogen-bond acceptors (Lipinski definition) is 4. The summed E-state index contributed by atoms with van der Waals surface area (Å²) < 4.78 is 5.13. The SMILES string of the molecule is COc1ccc(C(O)CNN2C(C)CCCC2C)cc1. The molecule has 3 unspecified atom stereocenters. The molecule has 0 amide bonds. The molecule has 2 N–H and O–H groups in total. The van der Waals surface area contributed by atoms with Gasteiger partial charge in [-0.1, -0.05) is 18.6 Å². The van der Waals surface area contributed by atoms with Crippen molar-refractivity contribution in [2.45, 2.75) is 51.3 Å². The van der Waals surface area contributed by atoms with Crippen LogP contribution in [0.15, 0.2) is 24.3 Å². The van der Waals surface area contributed by atoms with E-state index in [0.29, 0.717) is 18.6 Å². The van der Waals surface area contributed by atoms with Crippen molar-refractivity contribution < 1.29 is 9.84 Å². The lowest BCUT2D eigenvalue weighted by Crippen LogP contribution is -2.52. The van der Waals surface area contributed by atoms with Crippen LogP contribution >= 0.6 is 0 Å². The quantitative estimate of drug-likeness (QED) is 0.868. The summed E-state index contributed by atoms with van der Waals surface area (Å²) in [5.41, 5.74) is 4.31. The van der Waals surface area contributed by atoms with Crippen LogP contribution in [0.1, 0.15) is 44.8 Å². The Bertz CT molecular complexity index is 397. The normalized spacial score (nSPS) is 25.4. The summed E-state index contributed by atoms with van der Waals surface area (Å²) in [6, 6.07) is 8.64. The van der Waals surface area contributed by atoms with E-state index in [-0.39, 0.29) is 0 Å². The number of piperidine rings is 1. The van der Waals surface area contributed by atoms with Crippen LogP contribution in [-0.2, 0) is 0 Å². The lowest BCUT2D eigenvalue weighted by Gasteiger charge is -2.39. The van der Waals surface area contributed by atoms with E-state index in [1.165, 1.54) is 19.3 Å². The number of hydrazine groups is 1. The second-order valence-electron chi connectivity index (χ2n) is 5.69. The van der Waals surface area contributed by atoms with E-state index in [9.17, 15) is 5.11 Å². The van der Waals surface area contributed by atoms with E-state index in [1.54, 1.807) is 7.11 Å². The van der Waals surface area contributed by atoms with Crippen molar-refractivity contribution in [3.05, 3.63) is 29.8 Å². The fourth-order valence-electron chi connectivity index (χ4n) is 2.87. The Morgan fingerprint density at radius 2 is 1.85 bits per heavy atom. The summed E-state index contributed by atoms with van der Waals surface area (Å²) in [5.74, 6) is 0.812. The summed E-state index contributed by atoms with van der Waals surface area (Å²) in [5, 5.41) is 12.5. The minimum Gasteiger partial charge on any atom is -0.497 e. The minimum atomic E-state index is -0.498. The van der Waals surface area contributed by atoms with Gasteiger partial charge in [0.25, 0.3) is 0 Å². The standard InChI is InChI=1S/C16H26N2O2/c1-12-5-4-6-13(2)18(12)17-11-16(19)14-7-9-15(20-3)10-8-14/h7-10,12-13,16-17,19H,4-6,11H2,1-3H3. The Morgan fingerprint density at radius 1 is 1.25 bits per heavy atom. The van der Waals surface area contributed by atoms with Crippen LogP contribution < -0.4 is 10.2 Å². The van der Waals surface area contributed by atoms with E-state index in [4.69, 9.17) is 4.74 Å². The van der Waals surface area contributed by atoms with Crippen molar-refractivity contribution in [2.24, 2.45) is 0 Å². The van der Waals surface area contributed by atoms with Crippen LogP contribution in [0.25, 0.3) is 0 Å². The zero-order valence-electron chi connectivity index (χ0n) is 12.7. The minimum absolute atomic E-state index is 0.498. The second-order valence-corrected chi connectivity index (χ2v) is 5.69. The molecule has 1 aromatic rings. The molecule has 0 spiro atoms. The van der Waals surface area contributed by atoms with Gasteiger partial charge in [-0.3, -0.25) is 5.43 Å². The van der Waals surface area contributed by atoms with Crippen molar-refractivity contribution in [2.75, 3.05) is 13.7 Å². The number of aliphatic hydroxyl groups is 1. The molecule has 0 saturated carbocycles. The largest absolute Gasteiger partial charge is 0.497 e. The molecule has 0 radical (unpaired) electrons. The van der Waals surface area contributed by atoms with Gasteiger partial charge in [0.1, 0.15) is 5.75 Å². The molecule has 4 nitrogen and oxygen atoms in total. The first-order valence-electron chi connectivity index (χ1n) is 7.45. The van der Waals surface area contributed by atoms with Crippen LogP contribution in [0.3, 0.4) is 0 Å². The summed E-state index contributed by atoms with van der Waals surface area (Å²) in [4.78, 5) is 0. The van der Waals surface area contributed by atoms with Crippen LogP contribution in [0.4, 0.5) is 0 Å². The van der Waals surface area contributed by atoms with Crippen LogP contribution in [0, 0.1) is 0 Å². The summed E-state index contributed by atoms with van der Waals surface area (Å²) in [7, 11) is 1.64. The van der Waals surface area contributed by atoms with Crippen molar-refractivity contribution >= 4 is 0 Å². The lowest BCUT2D eigenvalue weighted by molar-refractivity contribution is 0.0262. The predicted molar refractivity (Wildman–Crippen MR) is 80.6 cm³/mol. The van der Waals surface area contributed by atoms with Crippen LogP contribution in [-0.4, -0.2) is 35.9 Å². The topological polar surface area (TPSA) is 44.7 Å². The van der Waals surface area contributed by atoms with Gasteiger partial charge < -0.3 is 9.84 Å². The number of benzene rings is 1. The van der Waals surface area contributed by atoms with Crippen molar-refractivity contribution in [3.63, 3.8) is 0 Å². The molecular formula is C16H26N2O2. The third-order valence-corrected chi connectivity index (χ3v) is 4.16. The van der Waals surface area contributed by atoms with Gasteiger partial charge in [0, 0.05) is 18.6 Å². The molecule has 0 aromatic heterocycles. The highest BCUT2D eigenvalue weighted by molar-refractivity contribution is 5.28. The zero-order valence-corrected chi connectivity index (χ0v) is 12.7. The van der Waals surface area contributed by atoms with Crippen molar-refractivity contribution in [1.82, 2.24) is 10.4 Å². The summed E-state index contributed by atoms with van der Waals surface area (Å²) in [6.07, 6.45) is 3.23. The molecule has 1 aromatic carbocycles. The Hall–Kier alpha value is -1.10. The number of nitrogens with one attached hydrogen (secondary N) is 1. The number of ether oxygens (including phenoxy) is 1. The highest BCUT2D eigenvalue weighted by atomic mass is 16.5. The number of methoxy groups -OCH3 is 1. The molecule has 20 heavy (non-hydrogen) atoms. The molecule has 0 aliphatic carbocycles. The Kier molecular flexibility index (Phi) is 5.40. The van der Waals surface area contributed by atoms with E-state index >= 15 is 0 Å². The highest BCUT2D eigenvalue weighted by Gasteiger charge is 2.24. The third kappa shape index (κ3) is 3.72. The van der Waals surface area contributed by atoms with Gasteiger partial charge in [-0.2, -0.15) is 0 Å². The van der Waals surface area contributed by atoms with Gasteiger partial charge >= 0.3 is 0 Å². The number of aliphatic hydroxyl groups excluding tert-OH is 1. The first kappa shape index (κ1) is 15.3. The van der Waals surface area contributed by atoms with Gasteiger partial charge in [-0.05, 0) is 44.4 Å². The molecule has 1 aliphatic heterocycles. The van der Waals surface area contributed by atoms with Crippen molar-refractivity contribution in [1.29, 1.82) is 0 Å².